The van der Waals surface area contributed by atoms with E-state index >= 15 is 0 Å². The molecule has 0 radical (unpaired) electrons. The van der Waals surface area contributed by atoms with E-state index in [4.69, 9.17) is 22.1 Å². The maximum absolute atomic E-state index is 13.8. The fourth-order valence-corrected chi connectivity index (χ4v) is 3.39. The zero-order valence-corrected chi connectivity index (χ0v) is 18.2. The highest BCUT2D eigenvalue weighted by atomic mass is 35.5. The van der Waals surface area contributed by atoms with Crippen LogP contribution in [0.2, 0.25) is 5.02 Å². The van der Waals surface area contributed by atoms with Gasteiger partial charge in [-0.2, -0.15) is 0 Å². The van der Waals surface area contributed by atoms with Crippen LogP contribution in [0.3, 0.4) is 0 Å². The summed E-state index contributed by atoms with van der Waals surface area (Å²) in [6.45, 7) is -1.29. The van der Waals surface area contributed by atoms with Gasteiger partial charge < -0.3 is 10.5 Å². The second kappa shape index (κ2) is 11.1. The van der Waals surface area contributed by atoms with E-state index in [-0.39, 0.29) is 22.9 Å². The van der Waals surface area contributed by atoms with Crippen molar-refractivity contribution in [3.05, 3.63) is 70.9 Å². The molecule has 180 valence electrons. The monoisotopic (exact) mass is 498 g/mol. The molecule has 3 rings (SSSR count). The molecule has 2 amide bonds. The molecule has 1 aromatic heterocycles. The molecule has 34 heavy (non-hydrogen) atoms. The number of fused-ring (bicyclic) bond motifs is 1. The lowest BCUT2D eigenvalue weighted by atomic mass is 10.2. The molecule has 0 saturated carbocycles. The van der Waals surface area contributed by atoms with Gasteiger partial charge in [0.1, 0.15) is 17.5 Å². The van der Waals surface area contributed by atoms with E-state index in [0.717, 1.165) is 11.0 Å². The van der Waals surface area contributed by atoms with Crippen LogP contribution >= 0.6 is 11.6 Å². The van der Waals surface area contributed by atoms with Crippen LogP contribution in [0.15, 0.2) is 48.7 Å². The van der Waals surface area contributed by atoms with Gasteiger partial charge in [0.25, 0.3) is 6.43 Å². The lowest BCUT2D eigenvalue weighted by Crippen LogP contribution is -2.44. The summed E-state index contributed by atoms with van der Waals surface area (Å²) in [6, 6.07) is 9.20. The quantitative estimate of drug-likeness (QED) is 0.330. The van der Waals surface area contributed by atoms with Crippen molar-refractivity contribution in [2.45, 2.75) is 25.6 Å². The molecule has 0 aliphatic carbocycles. The lowest BCUT2D eigenvalue weighted by Gasteiger charge is -2.30. The Bertz CT molecular complexity index is 1200. The first-order valence-corrected chi connectivity index (χ1v) is 10.3. The zero-order valence-electron chi connectivity index (χ0n) is 17.5. The van der Waals surface area contributed by atoms with Crippen molar-refractivity contribution in [3.8, 4) is 0 Å². The molecule has 12 heteroatoms. The van der Waals surface area contributed by atoms with E-state index in [1.165, 1.54) is 42.6 Å². The van der Waals surface area contributed by atoms with Crippen molar-refractivity contribution in [2.24, 2.45) is 5.73 Å². The number of nitrogens with one attached hydrogen (secondary N) is 1. The van der Waals surface area contributed by atoms with Gasteiger partial charge in [0.2, 0.25) is 5.91 Å². The number of carbonyl (C=O) groups is 2. The van der Waals surface area contributed by atoms with Crippen molar-refractivity contribution < 1.29 is 31.9 Å². The van der Waals surface area contributed by atoms with Crippen LogP contribution in [-0.2, 0) is 16.1 Å². The van der Waals surface area contributed by atoms with Crippen LogP contribution in [-0.4, -0.2) is 41.1 Å². The average molecular weight is 499 g/mol. The second-order valence-corrected chi connectivity index (χ2v) is 7.63. The number of hydrogen-bond donors (Lipinski definition) is 2. The Labute approximate surface area is 196 Å². The number of rotatable bonds is 9. The number of pyridine rings is 1. The molecule has 1 unspecified atom stereocenters. The fraction of sp³-hybridized carbons (Fsp3) is 0.227. The largest absolute Gasteiger partial charge is 0.429 e. The summed E-state index contributed by atoms with van der Waals surface area (Å²) in [7, 11) is 0. The van der Waals surface area contributed by atoms with E-state index in [1.54, 1.807) is 0 Å². The van der Waals surface area contributed by atoms with Gasteiger partial charge in [-0.05, 0) is 41.3 Å². The minimum Gasteiger partial charge on any atom is -0.429 e. The summed E-state index contributed by atoms with van der Waals surface area (Å²) in [5, 5.41) is 3.06. The summed E-state index contributed by atoms with van der Waals surface area (Å²) in [6.07, 6.45) is -4.77. The molecule has 0 aliphatic heterocycles. The van der Waals surface area contributed by atoms with Gasteiger partial charge in [-0.15, -0.1) is 0 Å². The van der Waals surface area contributed by atoms with Gasteiger partial charge in [-0.3, -0.25) is 15.0 Å². The molecular formula is C22H19ClF4N4O3. The number of amides is 2. The van der Waals surface area contributed by atoms with Crippen molar-refractivity contribution in [1.29, 1.82) is 0 Å². The predicted molar refractivity (Wildman–Crippen MR) is 117 cm³/mol. The van der Waals surface area contributed by atoms with Gasteiger partial charge in [0.15, 0.2) is 6.23 Å². The number of nitrogens with two attached hydrogens (primary N) is 1. The van der Waals surface area contributed by atoms with E-state index in [0.29, 0.717) is 10.8 Å². The Morgan fingerprint density at radius 2 is 1.91 bits per heavy atom. The molecule has 0 spiro atoms. The van der Waals surface area contributed by atoms with E-state index in [2.05, 4.69) is 10.3 Å². The van der Waals surface area contributed by atoms with E-state index in [9.17, 15) is 27.2 Å². The second-order valence-electron chi connectivity index (χ2n) is 7.25. The molecular weight excluding hydrogens is 480 g/mol. The van der Waals surface area contributed by atoms with Crippen LogP contribution < -0.4 is 11.1 Å². The van der Waals surface area contributed by atoms with Crippen LogP contribution in [0, 0.1) is 11.6 Å². The van der Waals surface area contributed by atoms with Gasteiger partial charge in [-0.25, -0.2) is 27.3 Å². The molecule has 3 N–H and O–H groups in total. The highest BCUT2D eigenvalue weighted by Gasteiger charge is 2.28. The molecule has 3 aromatic rings. The molecule has 0 saturated heterocycles. The van der Waals surface area contributed by atoms with E-state index < -0.39 is 49.3 Å². The van der Waals surface area contributed by atoms with Crippen LogP contribution in [0.1, 0.15) is 12.0 Å². The Kier molecular flexibility index (Phi) is 8.24. The molecule has 1 atom stereocenters. The average Bonchev–Trinajstić information content (AvgIpc) is 2.75. The number of nitrogens with zero attached hydrogens (tertiary/aromatic N) is 2. The summed E-state index contributed by atoms with van der Waals surface area (Å²) in [4.78, 5) is 29.0. The predicted octanol–water partition coefficient (Wildman–Crippen LogP) is 4.68. The molecule has 0 bridgehead atoms. The normalized spacial score (nSPS) is 12.2. The maximum atomic E-state index is 13.8. The SMILES string of the molecule is NC(=O)CC(OC(=O)Nc1cc2cc(F)ccc2cn1)N(Cc1cccc(F)c1Cl)CC(F)F. The highest BCUT2D eigenvalue weighted by Crippen LogP contribution is 2.24. The Morgan fingerprint density at radius 3 is 2.62 bits per heavy atom. The Hall–Kier alpha value is -3.44. The van der Waals surface area contributed by atoms with Crippen molar-refractivity contribution in [1.82, 2.24) is 9.88 Å². The van der Waals surface area contributed by atoms with Crippen LogP contribution in [0.4, 0.5) is 28.2 Å². The fourth-order valence-electron chi connectivity index (χ4n) is 3.21. The minimum atomic E-state index is -2.88. The highest BCUT2D eigenvalue weighted by molar-refractivity contribution is 6.31. The van der Waals surface area contributed by atoms with Gasteiger partial charge in [-0.1, -0.05) is 23.7 Å². The number of benzene rings is 2. The van der Waals surface area contributed by atoms with E-state index in [1.807, 2.05) is 0 Å². The zero-order chi connectivity index (χ0) is 24.8. The molecule has 1 heterocycles. The van der Waals surface area contributed by atoms with Crippen LogP contribution in [0.25, 0.3) is 10.8 Å². The third-order valence-electron chi connectivity index (χ3n) is 4.72. The molecule has 0 fully saturated rings. The number of carbonyl (C=O) groups excluding carboxylic acids is 2. The third-order valence-corrected chi connectivity index (χ3v) is 5.14. The number of hydrogen-bond acceptors (Lipinski definition) is 5. The van der Waals surface area contributed by atoms with Crippen molar-refractivity contribution >= 4 is 40.2 Å². The summed E-state index contributed by atoms with van der Waals surface area (Å²) in [5.41, 5.74) is 5.35. The number of ether oxygens (including phenoxy) is 1. The lowest BCUT2D eigenvalue weighted by molar-refractivity contribution is -0.124. The first kappa shape index (κ1) is 25.2. The number of aromatic nitrogens is 1. The summed E-state index contributed by atoms with van der Waals surface area (Å²) >= 11 is 5.92. The molecule has 7 nitrogen and oxygen atoms in total. The minimum absolute atomic E-state index is 0.00508. The number of anilines is 1. The number of alkyl halides is 2. The summed E-state index contributed by atoms with van der Waals surface area (Å²) < 4.78 is 59.0. The number of primary amides is 1. The maximum Gasteiger partial charge on any atom is 0.414 e. The topological polar surface area (TPSA) is 97.6 Å². The number of halogens is 5. The summed E-state index contributed by atoms with van der Waals surface area (Å²) in [5.74, 6) is -2.19. The van der Waals surface area contributed by atoms with Gasteiger partial charge in [0.05, 0.1) is 18.0 Å². The van der Waals surface area contributed by atoms with Gasteiger partial charge in [0, 0.05) is 18.1 Å². The molecule has 2 aromatic carbocycles. The standard InChI is InChI=1S/C22H19ClF4N4O3/c23-21-13(2-1-3-16(21)25)10-31(11-17(26)27)20(8-18(28)32)34-22(33)30-19-7-14-6-15(24)5-4-12(14)9-29-19/h1-7,9,17,20H,8,10-11H2,(H2,28,32)(H,29,30,33). The smallest absolute Gasteiger partial charge is 0.414 e. The van der Waals surface area contributed by atoms with Gasteiger partial charge >= 0.3 is 6.09 Å². The molecule has 0 aliphatic rings. The Morgan fingerprint density at radius 1 is 1.15 bits per heavy atom. The van der Waals surface area contributed by atoms with Crippen molar-refractivity contribution in [3.63, 3.8) is 0 Å². The van der Waals surface area contributed by atoms with Crippen LogP contribution in [0.5, 0.6) is 0 Å². The third kappa shape index (κ3) is 6.78. The first-order valence-electron chi connectivity index (χ1n) is 9.88. The van der Waals surface area contributed by atoms with Crippen molar-refractivity contribution in [2.75, 3.05) is 11.9 Å². The first-order chi connectivity index (χ1) is 16.1. The Balaban J connectivity index is 1.80.